The van der Waals surface area contributed by atoms with Crippen molar-refractivity contribution in [3.63, 3.8) is 0 Å². The summed E-state index contributed by atoms with van der Waals surface area (Å²) >= 11 is 0. The van der Waals surface area contributed by atoms with Gasteiger partial charge in [-0.3, -0.25) is 0 Å². The first-order valence-corrected chi connectivity index (χ1v) is 7.34. The molecule has 1 saturated carbocycles. The highest BCUT2D eigenvalue weighted by Gasteiger charge is 2.29. The van der Waals surface area contributed by atoms with Crippen molar-refractivity contribution in [3.8, 4) is 17.0 Å². The van der Waals surface area contributed by atoms with Gasteiger partial charge < -0.3 is 15.0 Å². The number of aryl methyl sites for hydroxylation is 1. The zero-order valence-electron chi connectivity index (χ0n) is 12.1. The summed E-state index contributed by atoms with van der Waals surface area (Å²) in [4.78, 5) is 4.73. The first kappa shape index (κ1) is 13.0. The SMILES string of the molecule is CCOc1ccc(-c2nc(CC)n(C3CC3)c2N)cc1. The first-order chi connectivity index (χ1) is 9.74. The average Bonchev–Trinajstić information content (AvgIpc) is 3.24. The van der Waals surface area contributed by atoms with Crippen LogP contribution in [0.3, 0.4) is 0 Å². The first-order valence-electron chi connectivity index (χ1n) is 7.34. The number of hydrogen-bond donors (Lipinski definition) is 1. The number of hydrogen-bond acceptors (Lipinski definition) is 3. The maximum absolute atomic E-state index is 6.32. The van der Waals surface area contributed by atoms with Crippen molar-refractivity contribution in [1.29, 1.82) is 0 Å². The van der Waals surface area contributed by atoms with Gasteiger partial charge in [0.25, 0.3) is 0 Å². The Bertz CT molecular complexity index is 597. The van der Waals surface area contributed by atoms with Crippen LogP contribution in [0.15, 0.2) is 24.3 Å². The predicted octanol–water partition coefficient (Wildman–Crippen LogP) is 3.43. The van der Waals surface area contributed by atoms with E-state index in [9.17, 15) is 0 Å². The van der Waals surface area contributed by atoms with Gasteiger partial charge in [-0.1, -0.05) is 6.92 Å². The van der Waals surface area contributed by atoms with Crippen LogP contribution in [-0.2, 0) is 6.42 Å². The Hall–Kier alpha value is -1.97. The maximum atomic E-state index is 6.32. The summed E-state index contributed by atoms with van der Waals surface area (Å²) in [6.07, 6.45) is 3.35. The third kappa shape index (κ3) is 2.26. The van der Waals surface area contributed by atoms with E-state index in [4.69, 9.17) is 15.5 Å². The summed E-state index contributed by atoms with van der Waals surface area (Å²) in [6, 6.07) is 8.56. The lowest BCUT2D eigenvalue weighted by atomic mass is 10.1. The molecule has 1 heterocycles. The number of nitrogens with zero attached hydrogens (tertiary/aromatic N) is 2. The minimum Gasteiger partial charge on any atom is -0.494 e. The molecule has 0 unspecified atom stereocenters. The fraction of sp³-hybridized carbons (Fsp3) is 0.438. The van der Waals surface area contributed by atoms with Gasteiger partial charge in [-0.2, -0.15) is 0 Å². The summed E-state index contributed by atoms with van der Waals surface area (Å²) in [5.74, 6) is 2.77. The van der Waals surface area contributed by atoms with Gasteiger partial charge in [0.15, 0.2) is 0 Å². The summed E-state index contributed by atoms with van der Waals surface area (Å²) in [5, 5.41) is 0. The molecule has 1 aromatic heterocycles. The Morgan fingerprint density at radius 1 is 1.25 bits per heavy atom. The Balaban J connectivity index is 1.97. The predicted molar refractivity (Wildman–Crippen MR) is 80.9 cm³/mol. The molecule has 0 radical (unpaired) electrons. The third-order valence-electron chi connectivity index (χ3n) is 3.69. The van der Waals surface area contributed by atoms with Crippen LogP contribution >= 0.6 is 0 Å². The molecule has 106 valence electrons. The monoisotopic (exact) mass is 271 g/mol. The van der Waals surface area contributed by atoms with Gasteiger partial charge in [0.2, 0.25) is 0 Å². The second-order valence-electron chi connectivity index (χ2n) is 5.17. The van der Waals surface area contributed by atoms with Gasteiger partial charge >= 0.3 is 0 Å². The van der Waals surface area contributed by atoms with Gasteiger partial charge in [0.1, 0.15) is 23.1 Å². The lowest BCUT2D eigenvalue weighted by Gasteiger charge is -2.07. The molecule has 4 heteroatoms. The molecule has 4 nitrogen and oxygen atoms in total. The van der Waals surface area contributed by atoms with Crippen molar-refractivity contribution < 1.29 is 4.74 Å². The highest BCUT2D eigenvalue weighted by molar-refractivity contribution is 5.71. The summed E-state index contributed by atoms with van der Waals surface area (Å²) in [5.41, 5.74) is 8.27. The normalized spacial score (nSPS) is 14.5. The van der Waals surface area contributed by atoms with Crippen LogP contribution in [0.25, 0.3) is 11.3 Å². The molecule has 1 fully saturated rings. The number of imidazole rings is 1. The van der Waals surface area contributed by atoms with Gasteiger partial charge in [-0.15, -0.1) is 0 Å². The van der Waals surface area contributed by atoms with Crippen LogP contribution in [0.4, 0.5) is 5.82 Å². The van der Waals surface area contributed by atoms with E-state index in [0.29, 0.717) is 12.6 Å². The molecule has 0 saturated heterocycles. The summed E-state index contributed by atoms with van der Waals surface area (Å²) < 4.78 is 7.68. The van der Waals surface area contributed by atoms with Gasteiger partial charge in [-0.25, -0.2) is 4.98 Å². The van der Waals surface area contributed by atoms with Gasteiger partial charge in [0.05, 0.1) is 6.61 Å². The van der Waals surface area contributed by atoms with Crippen molar-refractivity contribution in [2.45, 2.75) is 39.2 Å². The Labute approximate surface area is 119 Å². The highest BCUT2D eigenvalue weighted by Crippen LogP contribution is 2.41. The van der Waals surface area contributed by atoms with Crippen LogP contribution < -0.4 is 10.5 Å². The van der Waals surface area contributed by atoms with Crippen LogP contribution in [0.1, 0.15) is 38.6 Å². The standard InChI is InChI=1S/C16H21N3O/c1-3-14-18-15(16(17)19(14)12-7-8-12)11-5-9-13(10-6-11)20-4-2/h5-6,9-10,12H,3-4,7-8,17H2,1-2H3. The van der Waals surface area contributed by atoms with Crippen LogP contribution in [0.5, 0.6) is 5.75 Å². The molecule has 1 aromatic carbocycles. The number of ether oxygens (including phenoxy) is 1. The third-order valence-corrected chi connectivity index (χ3v) is 3.69. The maximum Gasteiger partial charge on any atom is 0.131 e. The average molecular weight is 271 g/mol. The van der Waals surface area contributed by atoms with Crippen molar-refractivity contribution >= 4 is 5.82 Å². The molecule has 0 aliphatic heterocycles. The molecule has 2 aromatic rings. The Kier molecular flexibility index (Phi) is 3.38. The van der Waals surface area contributed by atoms with E-state index in [-0.39, 0.29) is 0 Å². The van der Waals surface area contributed by atoms with Crippen LogP contribution in [0.2, 0.25) is 0 Å². The Morgan fingerprint density at radius 3 is 2.50 bits per heavy atom. The molecule has 1 aliphatic carbocycles. The number of nitrogen functional groups attached to an aromatic ring is 1. The smallest absolute Gasteiger partial charge is 0.131 e. The number of aromatic nitrogens is 2. The van der Waals surface area contributed by atoms with Gasteiger partial charge in [0, 0.05) is 18.0 Å². The van der Waals surface area contributed by atoms with Gasteiger partial charge in [-0.05, 0) is 44.0 Å². The molecule has 0 atom stereocenters. The number of nitrogens with two attached hydrogens (primary N) is 1. The van der Waals surface area contributed by atoms with E-state index in [1.807, 2.05) is 31.2 Å². The number of anilines is 1. The molecule has 3 rings (SSSR count). The van der Waals surface area contributed by atoms with Crippen LogP contribution in [0, 0.1) is 0 Å². The fourth-order valence-electron chi connectivity index (χ4n) is 2.57. The van der Waals surface area contributed by atoms with Crippen molar-refractivity contribution in [3.05, 3.63) is 30.1 Å². The zero-order chi connectivity index (χ0) is 14.1. The summed E-state index contributed by atoms with van der Waals surface area (Å²) in [7, 11) is 0. The number of rotatable bonds is 5. The van der Waals surface area contributed by atoms with E-state index >= 15 is 0 Å². The van der Waals surface area contributed by atoms with Crippen molar-refractivity contribution in [2.75, 3.05) is 12.3 Å². The topological polar surface area (TPSA) is 53.1 Å². The lowest BCUT2D eigenvalue weighted by Crippen LogP contribution is -2.04. The second kappa shape index (κ2) is 5.19. The molecular formula is C16H21N3O. The van der Waals surface area contributed by atoms with E-state index < -0.39 is 0 Å². The van der Waals surface area contributed by atoms with E-state index in [2.05, 4.69) is 11.5 Å². The molecule has 0 bridgehead atoms. The highest BCUT2D eigenvalue weighted by atomic mass is 16.5. The van der Waals surface area contributed by atoms with E-state index in [1.54, 1.807) is 0 Å². The van der Waals surface area contributed by atoms with E-state index in [0.717, 1.165) is 35.1 Å². The quantitative estimate of drug-likeness (QED) is 0.906. The van der Waals surface area contributed by atoms with Crippen molar-refractivity contribution in [2.24, 2.45) is 0 Å². The zero-order valence-corrected chi connectivity index (χ0v) is 12.1. The molecule has 2 N–H and O–H groups in total. The molecule has 20 heavy (non-hydrogen) atoms. The van der Waals surface area contributed by atoms with Crippen LogP contribution in [-0.4, -0.2) is 16.2 Å². The van der Waals surface area contributed by atoms with Crippen molar-refractivity contribution in [1.82, 2.24) is 9.55 Å². The molecule has 0 amide bonds. The van der Waals surface area contributed by atoms with E-state index in [1.165, 1.54) is 12.8 Å². The largest absolute Gasteiger partial charge is 0.494 e. The molecule has 0 spiro atoms. The molecule has 1 aliphatic rings. The summed E-state index contributed by atoms with van der Waals surface area (Å²) in [6.45, 7) is 4.79. The minimum absolute atomic E-state index is 0.564. The fourth-order valence-corrected chi connectivity index (χ4v) is 2.57. The number of benzene rings is 1. The minimum atomic E-state index is 0.564. The second-order valence-corrected chi connectivity index (χ2v) is 5.17. The lowest BCUT2D eigenvalue weighted by molar-refractivity contribution is 0.340. The molecular weight excluding hydrogens is 250 g/mol. The Morgan fingerprint density at radius 2 is 1.95 bits per heavy atom.